The molecule has 0 bridgehead atoms. The Kier molecular flexibility index (Phi) is 5.68. The van der Waals surface area contributed by atoms with Crippen LogP contribution in [0.5, 0.6) is 17.2 Å². The summed E-state index contributed by atoms with van der Waals surface area (Å²) >= 11 is 0. The van der Waals surface area contributed by atoms with Crippen LogP contribution in [0.3, 0.4) is 0 Å². The van der Waals surface area contributed by atoms with Crippen LogP contribution in [-0.2, 0) is 16.1 Å². The lowest BCUT2D eigenvalue weighted by atomic mass is 10.1. The first-order valence-corrected chi connectivity index (χ1v) is 6.85. The van der Waals surface area contributed by atoms with Gasteiger partial charge in [-0.1, -0.05) is 0 Å². The summed E-state index contributed by atoms with van der Waals surface area (Å²) in [4.78, 5) is 11.7. The van der Waals surface area contributed by atoms with Gasteiger partial charge in [0.25, 0.3) is 0 Å². The molecule has 0 aliphatic rings. The molecule has 0 saturated carbocycles. The summed E-state index contributed by atoms with van der Waals surface area (Å²) in [5.41, 5.74) is 0.717. The molecule has 0 unspecified atom stereocenters. The van der Waals surface area contributed by atoms with Crippen molar-refractivity contribution in [1.82, 2.24) is 0 Å². The molecule has 0 aliphatic heterocycles. The van der Waals surface area contributed by atoms with Gasteiger partial charge in [-0.3, -0.25) is 0 Å². The molecular formula is C17H18O6. The molecule has 0 fully saturated rings. The fourth-order valence-corrected chi connectivity index (χ4v) is 1.95. The van der Waals surface area contributed by atoms with Gasteiger partial charge in [0.05, 0.1) is 27.6 Å². The predicted octanol–water partition coefficient (Wildman–Crippen LogP) is 3.06. The van der Waals surface area contributed by atoms with E-state index in [1.807, 2.05) is 0 Å². The van der Waals surface area contributed by atoms with Gasteiger partial charge in [-0.15, -0.1) is 0 Å². The van der Waals surface area contributed by atoms with Crippen LogP contribution in [0, 0.1) is 0 Å². The first kappa shape index (κ1) is 16.5. The smallest absolute Gasteiger partial charge is 0.331 e. The Morgan fingerprint density at radius 2 is 1.83 bits per heavy atom. The van der Waals surface area contributed by atoms with E-state index in [-0.39, 0.29) is 6.61 Å². The van der Waals surface area contributed by atoms with Gasteiger partial charge in [0.1, 0.15) is 12.4 Å². The van der Waals surface area contributed by atoms with E-state index in [4.69, 9.17) is 23.4 Å². The van der Waals surface area contributed by atoms with Crippen LogP contribution >= 0.6 is 0 Å². The third kappa shape index (κ3) is 4.29. The number of benzene rings is 1. The van der Waals surface area contributed by atoms with Crippen LogP contribution in [0.1, 0.15) is 11.3 Å². The molecule has 0 spiro atoms. The highest BCUT2D eigenvalue weighted by Crippen LogP contribution is 2.38. The van der Waals surface area contributed by atoms with Crippen molar-refractivity contribution in [3.05, 3.63) is 47.9 Å². The minimum absolute atomic E-state index is 0.0887. The predicted molar refractivity (Wildman–Crippen MR) is 83.6 cm³/mol. The van der Waals surface area contributed by atoms with Crippen LogP contribution in [0.4, 0.5) is 0 Å². The number of esters is 1. The number of carbonyl (C=O) groups excluding carboxylic acids is 1. The zero-order valence-electron chi connectivity index (χ0n) is 13.2. The summed E-state index contributed by atoms with van der Waals surface area (Å²) in [6, 6.07) is 6.93. The fraction of sp³-hybridized carbons (Fsp3) is 0.235. The van der Waals surface area contributed by atoms with Crippen LogP contribution in [0.2, 0.25) is 0 Å². The molecule has 0 aliphatic carbocycles. The van der Waals surface area contributed by atoms with Gasteiger partial charge in [-0.2, -0.15) is 0 Å². The van der Waals surface area contributed by atoms with Gasteiger partial charge in [0, 0.05) is 6.08 Å². The molecule has 2 rings (SSSR count). The average Bonchev–Trinajstić information content (AvgIpc) is 3.10. The van der Waals surface area contributed by atoms with Crippen LogP contribution in [0.25, 0.3) is 6.08 Å². The van der Waals surface area contributed by atoms with E-state index >= 15 is 0 Å². The monoisotopic (exact) mass is 318 g/mol. The lowest BCUT2D eigenvalue weighted by Crippen LogP contribution is -2.00. The third-order valence-electron chi connectivity index (χ3n) is 3.04. The SMILES string of the molecule is COc1cc(/C=C/C(=O)OCc2ccco2)cc(OC)c1OC. The van der Waals surface area contributed by atoms with E-state index in [9.17, 15) is 4.79 Å². The maximum atomic E-state index is 11.7. The molecule has 23 heavy (non-hydrogen) atoms. The fourth-order valence-electron chi connectivity index (χ4n) is 1.95. The van der Waals surface area contributed by atoms with Crippen molar-refractivity contribution in [1.29, 1.82) is 0 Å². The molecular weight excluding hydrogens is 300 g/mol. The minimum Gasteiger partial charge on any atom is -0.493 e. The Labute approximate surface area is 134 Å². The van der Waals surface area contributed by atoms with Gasteiger partial charge in [-0.25, -0.2) is 4.79 Å². The van der Waals surface area contributed by atoms with Gasteiger partial charge in [0.2, 0.25) is 5.75 Å². The molecule has 0 saturated heterocycles. The van der Waals surface area contributed by atoms with Gasteiger partial charge < -0.3 is 23.4 Å². The second-order valence-corrected chi connectivity index (χ2v) is 4.48. The maximum absolute atomic E-state index is 11.7. The Balaban J connectivity index is 2.07. The molecule has 122 valence electrons. The standard InChI is InChI=1S/C17H18O6/c1-19-14-9-12(10-15(20-2)17(14)21-3)6-7-16(18)23-11-13-5-4-8-22-13/h4-10H,11H2,1-3H3/b7-6+. The van der Waals surface area contributed by atoms with E-state index in [0.29, 0.717) is 23.0 Å². The van der Waals surface area contributed by atoms with Gasteiger partial charge in [-0.05, 0) is 35.9 Å². The first-order chi connectivity index (χ1) is 11.2. The number of methoxy groups -OCH3 is 3. The zero-order chi connectivity index (χ0) is 16.7. The van der Waals surface area contributed by atoms with Crippen molar-refractivity contribution >= 4 is 12.0 Å². The molecule has 6 nitrogen and oxygen atoms in total. The third-order valence-corrected chi connectivity index (χ3v) is 3.04. The summed E-state index contributed by atoms with van der Waals surface area (Å²) in [5, 5.41) is 0. The van der Waals surface area contributed by atoms with Crippen molar-refractivity contribution in [2.75, 3.05) is 21.3 Å². The van der Waals surface area contributed by atoms with E-state index in [1.54, 1.807) is 30.3 Å². The summed E-state index contributed by atoms with van der Waals surface area (Å²) in [6.45, 7) is 0.0887. The van der Waals surface area contributed by atoms with Crippen molar-refractivity contribution < 1.29 is 28.2 Å². The largest absolute Gasteiger partial charge is 0.493 e. The van der Waals surface area contributed by atoms with Gasteiger partial charge >= 0.3 is 5.97 Å². The van der Waals surface area contributed by atoms with Crippen molar-refractivity contribution in [2.24, 2.45) is 0 Å². The van der Waals surface area contributed by atoms with E-state index in [2.05, 4.69) is 0 Å². The molecule has 1 heterocycles. The molecule has 6 heteroatoms. The number of ether oxygens (including phenoxy) is 4. The summed E-state index contributed by atoms with van der Waals surface area (Å²) in [5.74, 6) is 1.62. The maximum Gasteiger partial charge on any atom is 0.331 e. The van der Waals surface area contributed by atoms with Crippen LogP contribution in [0.15, 0.2) is 41.0 Å². The lowest BCUT2D eigenvalue weighted by Gasteiger charge is -2.12. The van der Waals surface area contributed by atoms with E-state index in [0.717, 1.165) is 5.56 Å². The quantitative estimate of drug-likeness (QED) is 0.577. The highest BCUT2D eigenvalue weighted by molar-refractivity contribution is 5.87. The number of hydrogen-bond acceptors (Lipinski definition) is 6. The molecule has 1 aromatic heterocycles. The van der Waals surface area contributed by atoms with E-state index < -0.39 is 5.97 Å². The number of carbonyl (C=O) groups is 1. The van der Waals surface area contributed by atoms with Crippen molar-refractivity contribution in [3.63, 3.8) is 0 Å². The second-order valence-electron chi connectivity index (χ2n) is 4.48. The van der Waals surface area contributed by atoms with E-state index in [1.165, 1.54) is 33.7 Å². The lowest BCUT2D eigenvalue weighted by molar-refractivity contribution is -0.139. The van der Waals surface area contributed by atoms with Crippen molar-refractivity contribution in [3.8, 4) is 17.2 Å². The van der Waals surface area contributed by atoms with Crippen molar-refractivity contribution in [2.45, 2.75) is 6.61 Å². The number of hydrogen-bond donors (Lipinski definition) is 0. The number of rotatable bonds is 7. The summed E-state index contributed by atoms with van der Waals surface area (Å²) in [7, 11) is 4.59. The molecule has 0 amide bonds. The molecule has 1 aromatic carbocycles. The normalized spacial score (nSPS) is 10.6. The molecule has 2 aromatic rings. The topological polar surface area (TPSA) is 67.1 Å². The van der Waals surface area contributed by atoms with Crippen LogP contribution < -0.4 is 14.2 Å². The summed E-state index contributed by atoms with van der Waals surface area (Å²) < 4.78 is 25.9. The molecule has 0 atom stereocenters. The average molecular weight is 318 g/mol. The Hall–Kier alpha value is -2.89. The Morgan fingerprint density at radius 1 is 1.13 bits per heavy atom. The minimum atomic E-state index is -0.477. The summed E-state index contributed by atoms with van der Waals surface area (Å²) in [6.07, 6.45) is 4.45. The zero-order valence-corrected chi connectivity index (χ0v) is 13.2. The van der Waals surface area contributed by atoms with Gasteiger partial charge in [0.15, 0.2) is 11.5 Å². The highest BCUT2D eigenvalue weighted by atomic mass is 16.5. The second kappa shape index (κ2) is 7.93. The molecule has 0 N–H and O–H groups in total. The Bertz CT molecular complexity index is 647. The number of furan rings is 1. The highest BCUT2D eigenvalue weighted by Gasteiger charge is 2.12. The molecule has 0 radical (unpaired) electrons. The Morgan fingerprint density at radius 3 is 2.35 bits per heavy atom. The van der Waals surface area contributed by atoms with Crippen LogP contribution in [-0.4, -0.2) is 27.3 Å². The first-order valence-electron chi connectivity index (χ1n) is 6.85.